The number of halogens is 3. The molecule has 0 fully saturated rings. The van der Waals surface area contributed by atoms with Crippen molar-refractivity contribution in [2.24, 2.45) is 0 Å². The Morgan fingerprint density at radius 1 is 0.882 bits per heavy atom. The summed E-state index contributed by atoms with van der Waals surface area (Å²) in [6.45, 7) is -0.114. The van der Waals surface area contributed by atoms with E-state index in [1.807, 2.05) is 0 Å². The number of aromatic nitrogens is 1. The van der Waals surface area contributed by atoms with Crippen LogP contribution in [0.5, 0.6) is 0 Å². The SMILES string of the molecule is CS(=O)(=O)c1ccc(-c2sc(C(=O)NCc3cc(F)cc(F)c3)nc2-c2ccc(F)cc2)cc1. The zero-order valence-corrected chi connectivity index (χ0v) is 19.3. The van der Waals surface area contributed by atoms with Crippen molar-refractivity contribution in [3.8, 4) is 21.7 Å². The van der Waals surface area contributed by atoms with E-state index in [9.17, 15) is 26.4 Å². The highest BCUT2D eigenvalue weighted by molar-refractivity contribution is 7.90. The number of sulfone groups is 1. The lowest BCUT2D eigenvalue weighted by Gasteiger charge is -2.04. The van der Waals surface area contributed by atoms with E-state index >= 15 is 0 Å². The van der Waals surface area contributed by atoms with Crippen LogP contribution in [0.25, 0.3) is 21.7 Å². The second-order valence-electron chi connectivity index (χ2n) is 7.46. The van der Waals surface area contributed by atoms with Gasteiger partial charge in [-0.1, -0.05) is 12.1 Å². The van der Waals surface area contributed by atoms with Gasteiger partial charge < -0.3 is 5.32 Å². The Labute approximate surface area is 197 Å². The summed E-state index contributed by atoms with van der Waals surface area (Å²) < 4.78 is 63.8. The maximum Gasteiger partial charge on any atom is 0.280 e. The summed E-state index contributed by atoms with van der Waals surface area (Å²) in [5.74, 6) is -2.50. The van der Waals surface area contributed by atoms with Crippen LogP contribution in [0.3, 0.4) is 0 Å². The molecule has 5 nitrogen and oxygen atoms in total. The van der Waals surface area contributed by atoms with Crippen molar-refractivity contribution in [3.63, 3.8) is 0 Å². The fourth-order valence-electron chi connectivity index (χ4n) is 3.24. The summed E-state index contributed by atoms with van der Waals surface area (Å²) in [5.41, 5.74) is 1.85. The summed E-state index contributed by atoms with van der Waals surface area (Å²) in [7, 11) is -3.39. The zero-order chi connectivity index (χ0) is 24.5. The third-order valence-electron chi connectivity index (χ3n) is 4.86. The molecule has 10 heteroatoms. The van der Waals surface area contributed by atoms with Crippen molar-refractivity contribution in [3.05, 3.63) is 94.8 Å². The van der Waals surface area contributed by atoms with Gasteiger partial charge >= 0.3 is 0 Å². The molecule has 1 N–H and O–H groups in total. The molecule has 1 heterocycles. The standard InChI is InChI=1S/C24H17F3N2O3S2/c1-34(31,32)20-8-4-16(5-9-20)22-21(15-2-6-17(25)7-3-15)29-24(33-22)23(30)28-13-14-10-18(26)12-19(27)11-14/h2-12H,13H2,1H3,(H,28,30). The van der Waals surface area contributed by atoms with Gasteiger partial charge in [0.05, 0.1) is 15.5 Å². The minimum atomic E-state index is -3.39. The maximum absolute atomic E-state index is 13.4. The smallest absolute Gasteiger partial charge is 0.280 e. The quantitative estimate of drug-likeness (QED) is 0.392. The second-order valence-corrected chi connectivity index (χ2v) is 10.5. The third kappa shape index (κ3) is 5.35. The van der Waals surface area contributed by atoms with Gasteiger partial charge in [0.25, 0.3) is 5.91 Å². The molecule has 174 valence electrons. The van der Waals surface area contributed by atoms with Crippen LogP contribution in [-0.4, -0.2) is 25.6 Å². The number of nitrogens with one attached hydrogen (secondary N) is 1. The molecule has 0 aliphatic rings. The Kier molecular flexibility index (Phi) is 6.54. The highest BCUT2D eigenvalue weighted by Gasteiger charge is 2.20. The molecular weight excluding hydrogens is 485 g/mol. The molecular formula is C24H17F3N2O3S2. The van der Waals surface area contributed by atoms with Crippen LogP contribution in [0.1, 0.15) is 15.4 Å². The number of rotatable bonds is 6. The van der Waals surface area contributed by atoms with Crippen LogP contribution >= 0.6 is 11.3 Å². The van der Waals surface area contributed by atoms with Gasteiger partial charge in [0.1, 0.15) is 17.5 Å². The normalized spacial score (nSPS) is 11.4. The molecule has 4 aromatic rings. The Morgan fingerprint density at radius 2 is 1.47 bits per heavy atom. The van der Waals surface area contributed by atoms with Gasteiger partial charge in [0.2, 0.25) is 0 Å². The van der Waals surface area contributed by atoms with Crippen molar-refractivity contribution < 1.29 is 26.4 Å². The summed E-state index contributed by atoms with van der Waals surface area (Å²) >= 11 is 1.06. The number of thiazole rings is 1. The van der Waals surface area contributed by atoms with E-state index in [0.717, 1.165) is 35.8 Å². The Balaban J connectivity index is 1.68. The molecule has 0 bridgehead atoms. The molecule has 0 aliphatic heterocycles. The minimum absolute atomic E-state index is 0.0818. The van der Waals surface area contributed by atoms with Crippen LogP contribution in [0.2, 0.25) is 0 Å². The first kappa shape index (κ1) is 23.7. The van der Waals surface area contributed by atoms with E-state index in [0.29, 0.717) is 21.7 Å². The molecule has 34 heavy (non-hydrogen) atoms. The monoisotopic (exact) mass is 502 g/mol. The minimum Gasteiger partial charge on any atom is -0.346 e. The van der Waals surface area contributed by atoms with Crippen molar-refractivity contribution in [1.82, 2.24) is 10.3 Å². The summed E-state index contributed by atoms with van der Waals surface area (Å²) in [4.78, 5) is 17.9. The molecule has 0 saturated carbocycles. The molecule has 0 radical (unpaired) electrons. The number of carbonyl (C=O) groups is 1. The number of hydrogen-bond acceptors (Lipinski definition) is 5. The lowest BCUT2D eigenvalue weighted by atomic mass is 10.1. The van der Waals surface area contributed by atoms with Crippen LogP contribution in [0, 0.1) is 17.5 Å². The number of nitrogens with zero attached hydrogens (tertiary/aromatic N) is 1. The lowest BCUT2D eigenvalue weighted by molar-refractivity contribution is 0.0950. The maximum atomic E-state index is 13.4. The average molecular weight is 503 g/mol. The van der Waals surface area contributed by atoms with Gasteiger partial charge in [0.15, 0.2) is 14.8 Å². The van der Waals surface area contributed by atoms with Gasteiger partial charge in [-0.05, 0) is 59.7 Å². The first-order chi connectivity index (χ1) is 16.1. The predicted molar refractivity (Wildman–Crippen MR) is 124 cm³/mol. The van der Waals surface area contributed by atoms with E-state index in [1.54, 1.807) is 12.1 Å². The lowest BCUT2D eigenvalue weighted by Crippen LogP contribution is -2.22. The van der Waals surface area contributed by atoms with Crippen LogP contribution in [0.15, 0.2) is 71.6 Å². The number of benzene rings is 3. The molecule has 1 amide bonds. The van der Waals surface area contributed by atoms with Crippen molar-refractivity contribution in [2.45, 2.75) is 11.4 Å². The van der Waals surface area contributed by atoms with E-state index in [4.69, 9.17) is 0 Å². The van der Waals surface area contributed by atoms with Gasteiger partial charge in [-0.25, -0.2) is 26.6 Å². The number of hydrogen-bond donors (Lipinski definition) is 1. The fraction of sp³-hybridized carbons (Fsp3) is 0.0833. The van der Waals surface area contributed by atoms with E-state index < -0.39 is 33.2 Å². The topological polar surface area (TPSA) is 76.1 Å². The molecule has 0 spiro atoms. The third-order valence-corrected chi connectivity index (χ3v) is 7.09. The summed E-state index contributed by atoms with van der Waals surface area (Å²) in [5, 5.41) is 2.67. The van der Waals surface area contributed by atoms with Crippen LogP contribution in [-0.2, 0) is 16.4 Å². The number of amides is 1. The molecule has 1 aromatic heterocycles. The molecule has 0 atom stereocenters. The van der Waals surface area contributed by atoms with E-state index in [1.165, 1.54) is 36.4 Å². The van der Waals surface area contributed by atoms with Crippen LogP contribution in [0.4, 0.5) is 13.2 Å². The average Bonchev–Trinajstić information content (AvgIpc) is 3.22. The number of carbonyl (C=O) groups excluding carboxylic acids is 1. The van der Waals surface area contributed by atoms with Crippen molar-refractivity contribution in [1.29, 1.82) is 0 Å². The first-order valence-electron chi connectivity index (χ1n) is 9.90. The Bertz CT molecular complexity index is 1450. The summed E-state index contributed by atoms with van der Waals surface area (Å²) in [6.07, 6.45) is 1.10. The largest absolute Gasteiger partial charge is 0.346 e. The highest BCUT2D eigenvalue weighted by Crippen LogP contribution is 2.37. The Hall–Kier alpha value is -3.50. The second kappa shape index (κ2) is 9.40. The zero-order valence-electron chi connectivity index (χ0n) is 17.7. The predicted octanol–water partition coefficient (Wildman–Crippen LogP) is 5.23. The molecule has 3 aromatic carbocycles. The van der Waals surface area contributed by atoms with Crippen molar-refractivity contribution in [2.75, 3.05) is 6.26 Å². The highest BCUT2D eigenvalue weighted by atomic mass is 32.2. The van der Waals surface area contributed by atoms with Gasteiger partial charge in [-0.3, -0.25) is 4.79 Å². The molecule has 0 aliphatic carbocycles. The Morgan fingerprint density at radius 3 is 2.06 bits per heavy atom. The van der Waals surface area contributed by atoms with Gasteiger partial charge in [-0.15, -0.1) is 11.3 Å². The van der Waals surface area contributed by atoms with Crippen LogP contribution < -0.4 is 5.32 Å². The first-order valence-corrected chi connectivity index (χ1v) is 12.6. The van der Waals surface area contributed by atoms with E-state index in [2.05, 4.69) is 10.3 Å². The van der Waals surface area contributed by atoms with Crippen molar-refractivity contribution >= 4 is 27.1 Å². The molecule has 0 unspecified atom stereocenters. The van der Waals surface area contributed by atoms with Gasteiger partial charge in [0, 0.05) is 24.4 Å². The summed E-state index contributed by atoms with van der Waals surface area (Å²) in [6, 6.07) is 14.7. The molecule has 4 rings (SSSR count). The van der Waals surface area contributed by atoms with E-state index in [-0.39, 0.29) is 22.0 Å². The van der Waals surface area contributed by atoms with Gasteiger partial charge in [-0.2, -0.15) is 0 Å². The fourth-order valence-corrected chi connectivity index (χ4v) is 4.88. The molecule has 0 saturated heterocycles.